The lowest BCUT2D eigenvalue weighted by Gasteiger charge is -2.58. The zero-order valence-corrected chi connectivity index (χ0v) is 25.7. The molecule has 1 aromatic carbocycles. The fourth-order valence-corrected chi connectivity index (χ4v) is 10.0. The highest BCUT2D eigenvalue weighted by molar-refractivity contribution is 6.73. The first-order valence-electron chi connectivity index (χ1n) is 13.2. The lowest BCUT2D eigenvalue weighted by Crippen LogP contribution is -2.71. The molecule has 0 aliphatic carbocycles. The van der Waals surface area contributed by atoms with Gasteiger partial charge < -0.3 is 27.8 Å². The largest absolute Gasteiger partial charge is 0.478 e. The maximum Gasteiger partial charge on any atom is 0.373 e. The van der Waals surface area contributed by atoms with Crippen LogP contribution in [-0.2, 0) is 37.4 Å². The van der Waals surface area contributed by atoms with Crippen LogP contribution in [0.4, 0.5) is 0 Å². The summed E-state index contributed by atoms with van der Waals surface area (Å²) in [6.07, 6.45) is -2.13. The molecule has 9 nitrogen and oxygen atoms in total. The Morgan fingerprint density at radius 1 is 0.846 bits per heavy atom. The van der Waals surface area contributed by atoms with Gasteiger partial charge in [-0.25, -0.2) is 9.59 Å². The fraction of sp³-hybridized carbons (Fsp3) is 0.621. The van der Waals surface area contributed by atoms with Crippen molar-refractivity contribution in [1.82, 2.24) is 0 Å². The molecule has 0 amide bonds. The molecular formula is C29H42O9Si. The van der Waals surface area contributed by atoms with E-state index in [1.54, 1.807) is 51.1 Å². The molecule has 0 saturated carbocycles. The minimum atomic E-state index is -3.21. The molecule has 0 bridgehead atoms. The summed E-state index contributed by atoms with van der Waals surface area (Å²) < 4.78 is 36.4. The number of methoxy groups -OCH3 is 1. The van der Waals surface area contributed by atoms with E-state index in [4.69, 9.17) is 27.8 Å². The number of carbonyl (C=O) groups excluding carboxylic acids is 3. The lowest BCUT2D eigenvalue weighted by molar-refractivity contribution is -0.188. The van der Waals surface area contributed by atoms with Crippen molar-refractivity contribution in [3.05, 3.63) is 47.7 Å². The van der Waals surface area contributed by atoms with Crippen LogP contribution in [-0.4, -0.2) is 64.6 Å². The van der Waals surface area contributed by atoms with Crippen LogP contribution >= 0.6 is 0 Å². The van der Waals surface area contributed by atoms with Crippen LogP contribution in [0.3, 0.4) is 0 Å². The second kappa shape index (κ2) is 11.1. The molecule has 39 heavy (non-hydrogen) atoms. The molecule has 10 heteroatoms. The van der Waals surface area contributed by atoms with Crippen LogP contribution in [0.25, 0.3) is 0 Å². The van der Waals surface area contributed by atoms with Gasteiger partial charge in [-0.1, -0.05) is 59.7 Å². The normalized spacial score (nSPS) is 24.9. The third kappa shape index (κ3) is 6.39. The van der Waals surface area contributed by atoms with E-state index in [2.05, 4.69) is 0 Å². The van der Waals surface area contributed by atoms with Crippen LogP contribution in [0.2, 0.25) is 10.1 Å². The predicted molar refractivity (Wildman–Crippen MR) is 146 cm³/mol. The van der Waals surface area contributed by atoms with Gasteiger partial charge in [-0.05, 0) is 32.9 Å². The maximum atomic E-state index is 13.1. The van der Waals surface area contributed by atoms with E-state index in [0.29, 0.717) is 5.56 Å². The number of hydrogen-bond donors (Lipinski definition) is 0. The van der Waals surface area contributed by atoms with Crippen molar-refractivity contribution in [2.24, 2.45) is 5.41 Å². The maximum absolute atomic E-state index is 13.1. The number of benzene rings is 1. The number of ether oxygens (including phenoxy) is 4. The summed E-state index contributed by atoms with van der Waals surface area (Å²) in [5.41, 5.74) is -0.378. The molecule has 0 spiro atoms. The van der Waals surface area contributed by atoms with Gasteiger partial charge in [-0.2, -0.15) is 0 Å². The zero-order chi connectivity index (χ0) is 29.4. The highest BCUT2D eigenvalue weighted by Crippen LogP contribution is 2.56. The van der Waals surface area contributed by atoms with E-state index in [9.17, 15) is 14.4 Å². The average molecular weight is 563 g/mol. The Kier molecular flexibility index (Phi) is 8.74. The SMILES string of the molecule is COC(=O)C1=C[C@@H](OC(=O)c2ccccc2)[C@H]2O[Si](C(C)(C)C)(C(C)(C)C)OC(COC(=O)C(C)(C)C)[C@H]2O1. The van der Waals surface area contributed by atoms with E-state index < -0.39 is 66.4 Å². The Morgan fingerprint density at radius 3 is 1.95 bits per heavy atom. The molecule has 1 unspecified atom stereocenters. The van der Waals surface area contributed by atoms with E-state index in [0.717, 1.165) is 0 Å². The van der Waals surface area contributed by atoms with Gasteiger partial charge in [0.05, 0.1) is 18.1 Å². The van der Waals surface area contributed by atoms with Gasteiger partial charge >= 0.3 is 26.5 Å². The Morgan fingerprint density at radius 2 is 1.44 bits per heavy atom. The van der Waals surface area contributed by atoms with Gasteiger partial charge in [-0.3, -0.25) is 4.79 Å². The average Bonchev–Trinajstić information content (AvgIpc) is 2.84. The summed E-state index contributed by atoms with van der Waals surface area (Å²) in [4.78, 5) is 38.4. The zero-order valence-electron chi connectivity index (χ0n) is 24.7. The lowest BCUT2D eigenvalue weighted by atomic mass is 9.97. The highest BCUT2D eigenvalue weighted by Gasteiger charge is 2.66. The van der Waals surface area contributed by atoms with Gasteiger partial charge in [0.25, 0.3) is 0 Å². The molecule has 2 aliphatic rings. The number of fused-ring (bicyclic) bond motifs is 1. The number of hydrogen-bond acceptors (Lipinski definition) is 9. The Balaban J connectivity index is 2.10. The Bertz CT molecular complexity index is 1080. The van der Waals surface area contributed by atoms with Gasteiger partial charge in [0, 0.05) is 16.2 Å². The molecule has 3 rings (SSSR count). The standard InChI is InChI=1S/C29H42O9Si/c1-27(2,3)26(32)34-17-21-22-23(38-39(37-21,28(4,5)6)29(7,8)9)19(16-20(35-22)25(31)33-10)36-24(30)18-14-12-11-13-15-18/h11-16,19,21-23H,17H2,1-10H3/t19-,21?,22-,23-/m1/s1. The van der Waals surface area contributed by atoms with E-state index >= 15 is 0 Å². The topological polar surface area (TPSA) is 107 Å². The van der Waals surface area contributed by atoms with Crippen molar-refractivity contribution in [1.29, 1.82) is 0 Å². The van der Waals surface area contributed by atoms with Crippen LogP contribution in [0, 0.1) is 5.41 Å². The van der Waals surface area contributed by atoms with Crippen LogP contribution in [0.15, 0.2) is 42.2 Å². The van der Waals surface area contributed by atoms with Crippen molar-refractivity contribution in [3.8, 4) is 0 Å². The number of rotatable bonds is 5. The third-order valence-electron chi connectivity index (χ3n) is 6.82. The molecular weight excluding hydrogens is 520 g/mol. The van der Waals surface area contributed by atoms with Gasteiger partial charge in [0.15, 0.2) is 12.2 Å². The summed E-state index contributed by atoms with van der Waals surface area (Å²) in [6.45, 7) is 17.5. The second-order valence-corrected chi connectivity index (χ2v) is 17.7. The molecule has 0 radical (unpaired) electrons. The van der Waals surface area contributed by atoms with Crippen molar-refractivity contribution in [2.45, 2.75) is 96.8 Å². The van der Waals surface area contributed by atoms with Crippen LogP contribution in [0.5, 0.6) is 0 Å². The predicted octanol–water partition coefficient (Wildman–Crippen LogP) is 5.08. The van der Waals surface area contributed by atoms with Crippen molar-refractivity contribution in [2.75, 3.05) is 13.7 Å². The minimum Gasteiger partial charge on any atom is -0.478 e. The molecule has 2 heterocycles. The number of carbonyl (C=O) groups is 3. The van der Waals surface area contributed by atoms with E-state index in [1.807, 2.05) is 41.5 Å². The molecule has 1 fully saturated rings. The van der Waals surface area contributed by atoms with Crippen molar-refractivity contribution < 1.29 is 42.2 Å². The minimum absolute atomic E-state index is 0.130. The Labute approximate surface area is 232 Å². The monoisotopic (exact) mass is 562 g/mol. The summed E-state index contributed by atoms with van der Waals surface area (Å²) in [5, 5.41) is -0.883. The summed E-state index contributed by atoms with van der Waals surface area (Å²) >= 11 is 0. The number of esters is 3. The first-order chi connectivity index (χ1) is 17.9. The molecule has 1 aromatic rings. The van der Waals surface area contributed by atoms with Crippen molar-refractivity contribution >= 4 is 26.5 Å². The molecule has 1 saturated heterocycles. The van der Waals surface area contributed by atoms with Crippen LogP contribution < -0.4 is 0 Å². The summed E-state index contributed by atoms with van der Waals surface area (Å²) in [6, 6.07) is 8.57. The summed E-state index contributed by atoms with van der Waals surface area (Å²) in [5.74, 6) is -1.85. The second-order valence-electron chi connectivity index (χ2n) is 13.0. The van der Waals surface area contributed by atoms with E-state index in [-0.39, 0.29) is 12.4 Å². The smallest absolute Gasteiger partial charge is 0.373 e. The molecule has 0 aromatic heterocycles. The molecule has 216 valence electrons. The molecule has 2 aliphatic heterocycles. The quantitative estimate of drug-likeness (QED) is 0.276. The first-order valence-corrected chi connectivity index (χ1v) is 15.0. The van der Waals surface area contributed by atoms with Crippen molar-refractivity contribution in [3.63, 3.8) is 0 Å². The van der Waals surface area contributed by atoms with Gasteiger partial charge in [0.1, 0.15) is 18.8 Å². The van der Waals surface area contributed by atoms with Gasteiger partial charge in [0.2, 0.25) is 5.76 Å². The fourth-order valence-electron chi connectivity index (χ4n) is 5.02. The molecule has 4 atom stereocenters. The first kappa shape index (κ1) is 30.8. The molecule has 0 N–H and O–H groups in total. The van der Waals surface area contributed by atoms with E-state index in [1.165, 1.54) is 13.2 Å². The highest BCUT2D eigenvalue weighted by atomic mass is 28.4. The Hall–Kier alpha value is -2.69. The van der Waals surface area contributed by atoms with Crippen LogP contribution in [0.1, 0.15) is 72.7 Å². The summed E-state index contributed by atoms with van der Waals surface area (Å²) in [7, 11) is -1.98. The van der Waals surface area contributed by atoms with Gasteiger partial charge in [-0.15, -0.1) is 0 Å². The third-order valence-corrected chi connectivity index (χ3v) is 12.0.